The molecule has 0 aromatic carbocycles. The maximum Gasteiger partial charge on any atom is 0.305 e. The molecule has 0 amide bonds. The highest BCUT2D eigenvalue weighted by Gasteiger charge is 2.18. The molecule has 0 aromatic rings. The Morgan fingerprint density at radius 2 is 1.94 bits per heavy atom. The Balaban J connectivity index is 2.10. The first-order valence-corrected chi connectivity index (χ1v) is 7.04. The second kappa shape index (κ2) is 8.51. The second-order valence-electron chi connectivity index (χ2n) is 5.17. The van der Waals surface area contributed by atoms with Crippen LogP contribution in [0.5, 0.6) is 0 Å². The molecule has 0 aliphatic heterocycles. The maximum atomic E-state index is 11.0. The van der Waals surface area contributed by atoms with Gasteiger partial charge in [0.2, 0.25) is 0 Å². The molecule has 3 heteroatoms. The van der Waals surface area contributed by atoms with E-state index < -0.39 is 0 Å². The van der Waals surface area contributed by atoms with Gasteiger partial charge in [-0.05, 0) is 38.6 Å². The predicted molar refractivity (Wildman–Crippen MR) is 69.9 cm³/mol. The Labute approximate surface area is 105 Å². The summed E-state index contributed by atoms with van der Waals surface area (Å²) >= 11 is 0. The Bertz CT molecular complexity index is 210. The van der Waals surface area contributed by atoms with E-state index >= 15 is 0 Å². The molecule has 0 spiro atoms. The molecule has 0 unspecified atom stereocenters. The van der Waals surface area contributed by atoms with Gasteiger partial charge in [-0.25, -0.2) is 0 Å². The third kappa shape index (κ3) is 6.06. The van der Waals surface area contributed by atoms with E-state index in [9.17, 15) is 4.79 Å². The number of carbonyl (C=O) groups excluding carboxylic acids is 1. The molecule has 0 radical (unpaired) electrons. The third-order valence-corrected chi connectivity index (χ3v) is 3.86. The Morgan fingerprint density at radius 1 is 1.29 bits per heavy atom. The van der Waals surface area contributed by atoms with Gasteiger partial charge in [0.05, 0.1) is 7.11 Å². The standard InChI is InChI=1S/C14H27NO2/c1-12(13-8-5-3-4-6-9-13)15-11-7-10-14(16)17-2/h12-13,15H,3-11H2,1-2H3/t12-/m0/s1. The van der Waals surface area contributed by atoms with Crippen molar-refractivity contribution in [2.45, 2.75) is 64.3 Å². The average molecular weight is 241 g/mol. The van der Waals surface area contributed by atoms with Crippen LogP contribution in [0.15, 0.2) is 0 Å². The SMILES string of the molecule is COC(=O)CCCN[C@@H](C)C1CCCCCC1. The van der Waals surface area contributed by atoms with E-state index in [0.29, 0.717) is 12.5 Å². The fraction of sp³-hybridized carbons (Fsp3) is 0.929. The van der Waals surface area contributed by atoms with Crippen LogP contribution in [-0.2, 0) is 9.53 Å². The number of nitrogens with one attached hydrogen (secondary N) is 1. The van der Waals surface area contributed by atoms with Crippen LogP contribution in [0.1, 0.15) is 58.3 Å². The van der Waals surface area contributed by atoms with Crippen LogP contribution in [0.25, 0.3) is 0 Å². The molecule has 17 heavy (non-hydrogen) atoms. The summed E-state index contributed by atoms with van der Waals surface area (Å²) in [6.07, 6.45) is 9.73. The van der Waals surface area contributed by atoms with Crippen molar-refractivity contribution in [3.05, 3.63) is 0 Å². The number of hydrogen-bond acceptors (Lipinski definition) is 3. The fourth-order valence-electron chi connectivity index (χ4n) is 2.64. The molecule has 0 heterocycles. The van der Waals surface area contributed by atoms with E-state index in [2.05, 4.69) is 17.0 Å². The molecule has 1 atom stereocenters. The first-order chi connectivity index (χ1) is 8.24. The Morgan fingerprint density at radius 3 is 2.53 bits per heavy atom. The van der Waals surface area contributed by atoms with Crippen LogP contribution in [0.4, 0.5) is 0 Å². The number of ether oxygens (including phenoxy) is 1. The van der Waals surface area contributed by atoms with E-state index in [4.69, 9.17) is 0 Å². The summed E-state index contributed by atoms with van der Waals surface area (Å²) in [5.74, 6) is 0.726. The molecule has 3 nitrogen and oxygen atoms in total. The van der Waals surface area contributed by atoms with Crippen molar-refractivity contribution in [3.63, 3.8) is 0 Å². The molecule has 1 fully saturated rings. The van der Waals surface area contributed by atoms with Gasteiger partial charge in [-0.2, -0.15) is 0 Å². The quantitative estimate of drug-likeness (QED) is 0.441. The Kier molecular flexibility index (Phi) is 7.25. The van der Waals surface area contributed by atoms with E-state index in [1.165, 1.54) is 45.6 Å². The monoisotopic (exact) mass is 241 g/mol. The van der Waals surface area contributed by atoms with Gasteiger partial charge in [0.1, 0.15) is 0 Å². The molecule has 1 saturated carbocycles. The van der Waals surface area contributed by atoms with Crippen molar-refractivity contribution >= 4 is 5.97 Å². The van der Waals surface area contributed by atoms with Gasteiger partial charge < -0.3 is 10.1 Å². The number of carbonyl (C=O) groups is 1. The first-order valence-electron chi connectivity index (χ1n) is 7.04. The van der Waals surface area contributed by atoms with Crippen LogP contribution in [-0.4, -0.2) is 25.7 Å². The lowest BCUT2D eigenvalue weighted by Gasteiger charge is -2.23. The van der Waals surface area contributed by atoms with Crippen molar-refractivity contribution in [3.8, 4) is 0 Å². The third-order valence-electron chi connectivity index (χ3n) is 3.86. The highest BCUT2D eigenvalue weighted by molar-refractivity contribution is 5.69. The smallest absolute Gasteiger partial charge is 0.305 e. The van der Waals surface area contributed by atoms with Crippen LogP contribution >= 0.6 is 0 Å². The molecule has 1 aliphatic carbocycles. The summed E-state index contributed by atoms with van der Waals surface area (Å²) in [6, 6.07) is 0.589. The average Bonchev–Trinajstić information content (AvgIpc) is 2.62. The van der Waals surface area contributed by atoms with Crippen LogP contribution < -0.4 is 5.32 Å². The van der Waals surface area contributed by atoms with Gasteiger partial charge in [-0.3, -0.25) is 4.79 Å². The molecule has 0 saturated heterocycles. The van der Waals surface area contributed by atoms with Gasteiger partial charge in [-0.1, -0.05) is 25.7 Å². The van der Waals surface area contributed by atoms with E-state index in [1.54, 1.807) is 0 Å². The van der Waals surface area contributed by atoms with Crippen LogP contribution in [0, 0.1) is 5.92 Å². The molecule has 1 aliphatic rings. The summed E-state index contributed by atoms with van der Waals surface area (Å²) in [5.41, 5.74) is 0. The molecule has 1 N–H and O–H groups in total. The van der Waals surface area contributed by atoms with Crippen molar-refractivity contribution < 1.29 is 9.53 Å². The fourth-order valence-corrected chi connectivity index (χ4v) is 2.64. The zero-order chi connectivity index (χ0) is 12.5. The van der Waals surface area contributed by atoms with Crippen molar-refractivity contribution in [1.29, 1.82) is 0 Å². The molecule has 100 valence electrons. The van der Waals surface area contributed by atoms with E-state index in [0.717, 1.165) is 18.9 Å². The predicted octanol–water partition coefficient (Wildman–Crippen LogP) is 2.89. The topological polar surface area (TPSA) is 38.3 Å². The highest BCUT2D eigenvalue weighted by atomic mass is 16.5. The summed E-state index contributed by atoms with van der Waals surface area (Å²) < 4.78 is 4.62. The lowest BCUT2D eigenvalue weighted by atomic mass is 9.93. The summed E-state index contributed by atoms with van der Waals surface area (Å²) in [5, 5.41) is 3.55. The molecule has 0 aromatic heterocycles. The van der Waals surface area contributed by atoms with Gasteiger partial charge >= 0.3 is 5.97 Å². The zero-order valence-electron chi connectivity index (χ0n) is 11.3. The molecule has 1 rings (SSSR count). The number of methoxy groups -OCH3 is 1. The second-order valence-corrected chi connectivity index (χ2v) is 5.17. The molecular weight excluding hydrogens is 214 g/mol. The van der Waals surface area contributed by atoms with E-state index in [-0.39, 0.29) is 5.97 Å². The van der Waals surface area contributed by atoms with Crippen molar-refractivity contribution in [1.82, 2.24) is 5.32 Å². The number of hydrogen-bond donors (Lipinski definition) is 1. The summed E-state index contributed by atoms with van der Waals surface area (Å²) in [4.78, 5) is 11.0. The number of esters is 1. The van der Waals surface area contributed by atoms with Gasteiger partial charge in [0.15, 0.2) is 0 Å². The number of rotatable bonds is 6. The minimum absolute atomic E-state index is 0.103. The minimum atomic E-state index is -0.103. The Hall–Kier alpha value is -0.570. The lowest BCUT2D eigenvalue weighted by Crippen LogP contribution is -2.34. The summed E-state index contributed by atoms with van der Waals surface area (Å²) in [7, 11) is 1.45. The largest absolute Gasteiger partial charge is 0.469 e. The summed E-state index contributed by atoms with van der Waals surface area (Å²) in [6.45, 7) is 3.21. The van der Waals surface area contributed by atoms with Gasteiger partial charge in [0.25, 0.3) is 0 Å². The van der Waals surface area contributed by atoms with Gasteiger partial charge in [-0.15, -0.1) is 0 Å². The van der Waals surface area contributed by atoms with E-state index in [1.807, 2.05) is 0 Å². The normalized spacial score (nSPS) is 19.6. The highest BCUT2D eigenvalue weighted by Crippen LogP contribution is 2.25. The lowest BCUT2D eigenvalue weighted by molar-refractivity contribution is -0.140. The van der Waals surface area contributed by atoms with Crippen LogP contribution in [0.3, 0.4) is 0 Å². The molecular formula is C14H27NO2. The van der Waals surface area contributed by atoms with Crippen LogP contribution in [0.2, 0.25) is 0 Å². The van der Waals surface area contributed by atoms with Gasteiger partial charge in [0, 0.05) is 12.5 Å². The first kappa shape index (κ1) is 14.5. The molecule has 0 bridgehead atoms. The van der Waals surface area contributed by atoms with Crippen molar-refractivity contribution in [2.24, 2.45) is 5.92 Å². The minimum Gasteiger partial charge on any atom is -0.469 e. The zero-order valence-corrected chi connectivity index (χ0v) is 11.3. The maximum absolute atomic E-state index is 11.0. The van der Waals surface area contributed by atoms with Crippen molar-refractivity contribution in [2.75, 3.05) is 13.7 Å².